The molecule has 0 aliphatic heterocycles. The predicted molar refractivity (Wildman–Crippen MR) is 80.0 cm³/mol. The van der Waals surface area contributed by atoms with Crippen molar-refractivity contribution in [2.24, 2.45) is 0 Å². The van der Waals surface area contributed by atoms with Crippen LogP contribution in [0.4, 0.5) is 5.69 Å². The molecule has 0 saturated heterocycles. The molecule has 3 nitrogen and oxygen atoms in total. The third kappa shape index (κ3) is 2.01. The van der Waals surface area contributed by atoms with Crippen LogP contribution in [0.3, 0.4) is 0 Å². The summed E-state index contributed by atoms with van der Waals surface area (Å²) >= 11 is 3.05. The second kappa shape index (κ2) is 4.84. The van der Waals surface area contributed by atoms with Crippen LogP contribution in [-0.2, 0) is 0 Å². The Labute approximate surface area is 118 Å². The average molecular weight is 283 g/mol. The SMILES string of the molecule is N#Cc1sc(-c2ccncc2)c(-c2cccs2)c1N. The molecule has 0 saturated carbocycles. The average Bonchev–Trinajstić information content (AvgIpc) is 3.07. The third-order valence-electron chi connectivity index (χ3n) is 2.76. The summed E-state index contributed by atoms with van der Waals surface area (Å²) in [5.74, 6) is 0. The Balaban J connectivity index is 2.28. The van der Waals surface area contributed by atoms with E-state index in [0.29, 0.717) is 10.6 Å². The lowest BCUT2D eigenvalue weighted by Crippen LogP contribution is -1.87. The number of thiophene rings is 2. The number of nitrogen functional groups attached to an aromatic ring is 1. The molecule has 5 heteroatoms. The highest BCUT2D eigenvalue weighted by atomic mass is 32.1. The first-order valence-electron chi connectivity index (χ1n) is 5.58. The summed E-state index contributed by atoms with van der Waals surface area (Å²) in [7, 11) is 0. The standard InChI is InChI=1S/C14H9N3S2/c15-8-11-13(16)12(10-2-1-7-18-10)14(19-11)9-3-5-17-6-4-9/h1-7H,16H2. The maximum Gasteiger partial charge on any atom is 0.129 e. The Hall–Kier alpha value is -2.16. The van der Waals surface area contributed by atoms with E-state index in [1.54, 1.807) is 23.7 Å². The van der Waals surface area contributed by atoms with Crippen molar-refractivity contribution in [2.75, 3.05) is 5.73 Å². The molecule has 0 unspecified atom stereocenters. The maximum atomic E-state index is 9.17. The van der Waals surface area contributed by atoms with E-state index in [4.69, 9.17) is 5.73 Å². The van der Waals surface area contributed by atoms with E-state index in [1.165, 1.54) is 11.3 Å². The molecule has 0 spiro atoms. The summed E-state index contributed by atoms with van der Waals surface area (Å²) in [6, 6.07) is 10.0. The van der Waals surface area contributed by atoms with Gasteiger partial charge in [-0.3, -0.25) is 4.98 Å². The van der Waals surface area contributed by atoms with E-state index in [2.05, 4.69) is 11.1 Å². The Bertz CT molecular complexity index is 737. The van der Waals surface area contributed by atoms with Gasteiger partial charge in [-0.25, -0.2) is 0 Å². The van der Waals surface area contributed by atoms with Crippen molar-refractivity contribution >= 4 is 28.4 Å². The van der Waals surface area contributed by atoms with Crippen molar-refractivity contribution in [1.82, 2.24) is 4.98 Å². The summed E-state index contributed by atoms with van der Waals surface area (Å²) in [4.78, 5) is 6.70. The van der Waals surface area contributed by atoms with E-state index < -0.39 is 0 Å². The molecule has 0 atom stereocenters. The van der Waals surface area contributed by atoms with Crippen LogP contribution in [0.1, 0.15) is 4.88 Å². The summed E-state index contributed by atoms with van der Waals surface area (Å²) in [6.07, 6.45) is 3.49. The molecule has 0 aliphatic rings. The van der Waals surface area contributed by atoms with Gasteiger partial charge in [0.2, 0.25) is 0 Å². The molecule has 92 valence electrons. The lowest BCUT2D eigenvalue weighted by Gasteiger charge is -2.02. The molecule has 0 aromatic carbocycles. The fraction of sp³-hybridized carbons (Fsp3) is 0. The topological polar surface area (TPSA) is 62.7 Å². The fourth-order valence-electron chi connectivity index (χ4n) is 1.90. The van der Waals surface area contributed by atoms with Crippen LogP contribution in [0.15, 0.2) is 42.0 Å². The van der Waals surface area contributed by atoms with Crippen LogP contribution in [-0.4, -0.2) is 4.98 Å². The normalized spacial score (nSPS) is 10.3. The van der Waals surface area contributed by atoms with Gasteiger partial charge >= 0.3 is 0 Å². The highest BCUT2D eigenvalue weighted by Gasteiger charge is 2.19. The van der Waals surface area contributed by atoms with Crippen molar-refractivity contribution in [3.63, 3.8) is 0 Å². The smallest absolute Gasteiger partial charge is 0.129 e. The van der Waals surface area contributed by atoms with Crippen molar-refractivity contribution in [1.29, 1.82) is 5.26 Å². The number of anilines is 1. The highest BCUT2D eigenvalue weighted by molar-refractivity contribution is 7.18. The molecule has 3 heterocycles. The van der Waals surface area contributed by atoms with Gasteiger partial charge in [-0.05, 0) is 29.1 Å². The minimum Gasteiger partial charge on any atom is -0.396 e. The minimum atomic E-state index is 0.565. The summed E-state index contributed by atoms with van der Waals surface area (Å²) in [5.41, 5.74) is 8.69. The maximum absolute atomic E-state index is 9.17. The quantitative estimate of drug-likeness (QED) is 0.773. The first-order valence-corrected chi connectivity index (χ1v) is 7.27. The highest BCUT2D eigenvalue weighted by Crippen LogP contribution is 2.45. The fourth-order valence-corrected chi connectivity index (χ4v) is 3.79. The van der Waals surface area contributed by atoms with E-state index in [0.717, 1.165) is 20.9 Å². The number of nitriles is 1. The van der Waals surface area contributed by atoms with Gasteiger partial charge in [0.15, 0.2) is 0 Å². The Morgan fingerprint density at radius 3 is 2.63 bits per heavy atom. The Kier molecular flexibility index (Phi) is 3.03. The molecular formula is C14H9N3S2. The molecule has 0 radical (unpaired) electrons. The van der Waals surface area contributed by atoms with Crippen LogP contribution in [0, 0.1) is 11.3 Å². The van der Waals surface area contributed by atoms with Crippen LogP contribution < -0.4 is 5.73 Å². The van der Waals surface area contributed by atoms with Crippen LogP contribution >= 0.6 is 22.7 Å². The second-order valence-corrected chi connectivity index (χ2v) is 5.84. The van der Waals surface area contributed by atoms with Gasteiger partial charge in [0.1, 0.15) is 10.9 Å². The molecule has 0 amide bonds. The second-order valence-electron chi connectivity index (χ2n) is 3.87. The number of rotatable bonds is 2. The van der Waals surface area contributed by atoms with Gasteiger partial charge in [0.25, 0.3) is 0 Å². The van der Waals surface area contributed by atoms with E-state index in [9.17, 15) is 5.26 Å². The Morgan fingerprint density at radius 2 is 2.00 bits per heavy atom. The number of nitrogens with zero attached hydrogens (tertiary/aromatic N) is 2. The zero-order valence-electron chi connectivity index (χ0n) is 9.83. The Morgan fingerprint density at radius 1 is 1.21 bits per heavy atom. The number of pyridine rings is 1. The van der Waals surface area contributed by atoms with Crippen LogP contribution in [0.5, 0.6) is 0 Å². The van der Waals surface area contributed by atoms with Gasteiger partial charge in [-0.1, -0.05) is 6.07 Å². The lowest BCUT2D eigenvalue weighted by molar-refractivity contribution is 1.33. The lowest BCUT2D eigenvalue weighted by atomic mass is 10.1. The minimum absolute atomic E-state index is 0.565. The summed E-state index contributed by atoms with van der Waals surface area (Å²) in [6.45, 7) is 0. The van der Waals surface area contributed by atoms with Crippen molar-refractivity contribution in [3.8, 4) is 27.0 Å². The largest absolute Gasteiger partial charge is 0.396 e. The zero-order chi connectivity index (χ0) is 13.2. The van der Waals surface area contributed by atoms with E-state index in [-0.39, 0.29) is 0 Å². The number of hydrogen-bond donors (Lipinski definition) is 1. The number of aromatic nitrogens is 1. The predicted octanol–water partition coefficient (Wildman–Crippen LogP) is 3.99. The molecule has 0 bridgehead atoms. The van der Waals surface area contributed by atoms with Crippen molar-refractivity contribution in [2.45, 2.75) is 0 Å². The molecule has 19 heavy (non-hydrogen) atoms. The molecular weight excluding hydrogens is 274 g/mol. The van der Waals surface area contributed by atoms with Crippen molar-refractivity contribution in [3.05, 3.63) is 46.9 Å². The first-order chi connectivity index (χ1) is 9.31. The van der Waals surface area contributed by atoms with E-state index >= 15 is 0 Å². The van der Waals surface area contributed by atoms with Gasteiger partial charge in [-0.15, -0.1) is 22.7 Å². The molecule has 3 aromatic heterocycles. The molecule has 0 fully saturated rings. The molecule has 0 aliphatic carbocycles. The molecule has 3 aromatic rings. The molecule has 2 N–H and O–H groups in total. The van der Waals surface area contributed by atoms with Gasteiger partial charge in [0.05, 0.1) is 5.69 Å². The van der Waals surface area contributed by atoms with Gasteiger partial charge in [-0.2, -0.15) is 5.26 Å². The summed E-state index contributed by atoms with van der Waals surface area (Å²) < 4.78 is 0. The number of hydrogen-bond acceptors (Lipinski definition) is 5. The number of nitrogens with two attached hydrogens (primary N) is 1. The summed E-state index contributed by atoms with van der Waals surface area (Å²) in [5, 5.41) is 11.2. The third-order valence-corrected chi connectivity index (χ3v) is 4.80. The van der Waals surface area contributed by atoms with Gasteiger partial charge in [0, 0.05) is 27.7 Å². The monoisotopic (exact) mass is 283 g/mol. The van der Waals surface area contributed by atoms with Crippen LogP contribution in [0.25, 0.3) is 20.9 Å². The zero-order valence-corrected chi connectivity index (χ0v) is 11.5. The van der Waals surface area contributed by atoms with Gasteiger partial charge < -0.3 is 5.73 Å². The first kappa shape index (κ1) is 11.9. The van der Waals surface area contributed by atoms with Crippen molar-refractivity contribution < 1.29 is 0 Å². The van der Waals surface area contributed by atoms with E-state index in [1.807, 2.05) is 29.6 Å². The molecule has 3 rings (SSSR count). The van der Waals surface area contributed by atoms with Crippen LogP contribution in [0.2, 0.25) is 0 Å².